The summed E-state index contributed by atoms with van der Waals surface area (Å²) in [5.74, 6) is 6.00. The molecule has 2 heteroatoms. The van der Waals surface area contributed by atoms with Gasteiger partial charge in [0.15, 0.2) is 0 Å². The molecule has 9 atom stereocenters. The van der Waals surface area contributed by atoms with Crippen molar-refractivity contribution >= 4 is 5.97 Å². The average Bonchev–Trinajstić information content (AvgIpc) is 3.48. The molecule has 0 heterocycles. The van der Waals surface area contributed by atoms with E-state index in [9.17, 15) is 4.79 Å². The minimum atomic E-state index is 0.0279. The predicted octanol–water partition coefficient (Wildman–Crippen LogP) is 14.9. The Morgan fingerprint density at radius 2 is 1.42 bits per heavy atom. The van der Waals surface area contributed by atoms with Crippen molar-refractivity contribution in [2.24, 2.45) is 52.3 Å². The molecule has 4 aliphatic carbocycles. The zero-order valence-electron chi connectivity index (χ0n) is 34.9. The lowest BCUT2D eigenvalue weighted by Crippen LogP contribution is -2.51. The summed E-state index contributed by atoms with van der Waals surface area (Å²) in [5, 5.41) is 0. The Hall–Kier alpha value is -2.09. The van der Waals surface area contributed by atoms with Crippen molar-refractivity contribution in [3.8, 4) is 0 Å². The number of unbranched alkanes of at least 4 members (excludes halogenated alkanes) is 3. The lowest BCUT2D eigenvalue weighted by Gasteiger charge is -2.58. The summed E-state index contributed by atoms with van der Waals surface area (Å²) in [6, 6.07) is 0. The third-order valence-corrected chi connectivity index (χ3v) is 14.7. The van der Waals surface area contributed by atoms with E-state index in [-0.39, 0.29) is 12.1 Å². The first kappa shape index (κ1) is 42.6. The summed E-state index contributed by atoms with van der Waals surface area (Å²) in [7, 11) is 0. The maximum absolute atomic E-state index is 12.9. The van der Waals surface area contributed by atoms with Crippen LogP contribution in [0.3, 0.4) is 0 Å². The van der Waals surface area contributed by atoms with Crippen LogP contribution in [0.2, 0.25) is 0 Å². The molecule has 0 spiro atoms. The number of fused-ring (bicyclic) bond motifs is 5. The number of esters is 1. The zero-order valence-corrected chi connectivity index (χ0v) is 34.9. The zero-order chi connectivity index (χ0) is 37.4. The van der Waals surface area contributed by atoms with Crippen molar-refractivity contribution in [2.45, 2.75) is 183 Å². The summed E-state index contributed by atoms with van der Waals surface area (Å²) in [5.41, 5.74) is 2.47. The van der Waals surface area contributed by atoms with E-state index in [1.807, 2.05) is 0 Å². The fourth-order valence-corrected chi connectivity index (χ4v) is 11.1. The summed E-state index contributed by atoms with van der Waals surface area (Å²) >= 11 is 0. The second-order valence-corrected chi connectivity index (χ2v) is 18.4. The second-order valence-electron chi connectivity index (χ2n) is 18.4. The van der Waals surface area contributed by atoms with Gasteiger partial charge in [0.05, 0.1) is 0 Å². The van der Waals surface area contributed by atoms with Gasteiger partial charge in [-0.15, -0.1) is 0 Å². The monoisotopic (exact) mass is 713 g/mol. The molecule has 4 aliphatic rings. The molecule has 0 saturated heterocycles. The molecule has 9 unspecified atom stereocenters. The standard InChI is InChI=1S/C50H80O2/c1-8-9-10-11-12-13-14-15-16-17-18-19-20-21-22-23-24-25-26-27-48(51)52-43-34-36-49(6)42(38-43)30-31-44-46-33-32-45(50(46,7)37-35-47(44)49)41(5)29-28-40(4)39(2)3/h9-10,12-13,15-16,18-19,21-22,30,39-41,43-47H,8,11,14,17,20,23-29,31-38H2,1-7H3/b10-9-,13-12-,16-15-,19-18-,22-21-. The van der Waals surface area contributed by atoms with Crippen molar-refractivity contribution in [3.05, 3.63) is 72.4 Å². The number of allylic oxidation sites excluding steroid dienone is 11. The van der Waals surface area contributed by atoms with Gasteiger partial charge in [-0.3, -0.25) is 4.79 Å². The van der Waals surface area contributed by atoms with Crippen LogP contribution in [0.5, 0.6) is 0 Å². The largest absolute Gasteiger partial charge is 0.462 e. The summed E-state index contributed by atoms with van der Waals surface area (Å²) < 4.78 is 6.13. The fraction of sp³-hybridized carbons (Fsp3) is 0.740. The van der Waals surface area contributed by atoms with Gasteiger partial charge in [-0.2, -0.15) is 0 Å². The van der Waals surface area contributed by atoms with Crippen LogP contribution in [0.1, 0.15) is 177 Å². The highest BCUT2D eigenvalue weighted by molar-refractivity contribution is 5.69. The third kappa shape index (κ3) is 12.0. The highest BCUT2D eigenvalue weighted by atomic mass is 16.5. The van der Waals surface area contributed by atoms with E-state index in [0.29, 0.717) is 17.3 Å². The molecule has 0 aromatic carbocycles. The number of carbonyl (C=O) groups excluding carboxylic acids is 1. The van der Waals surface area contributed by atoms with Gasteiger partial charge >= 0.3 is 5.97 Å². The van der Waals surface area contributed by atoms with Crippen molar-refractivity contribution < 1.29 is 9.53 Å². The van der Waals surface area contributed by atoms with Gasteiger partial charge in [-0.25, -0.2) is 0 Å². The van der Waals surface area contributed by atoms with Crippen LogP contribution in [0.4, 0.5) is 0 Å². The normalized spacial score (nSPS) is 31.8. The van der Waals surface area contributed by atoms with Crippen LogP contribution in [-0.4, -0.2) is 12.1 Å². The molecule has 0 aromatic heterocycles. The van der Waals surface area contributed by atoms with E-state index >= 15 is 0 Å². The van der Waals surface area contributed by atoms with Gasteiger partial charge in [0.25, 0.3) is 0 Å². The molecule has 52 heavy (non-hydrogen) atoms. The van der Waals surface area contributed by atoms with Crippen molar-refractivity contribution in [2.75, 3.05) is 0 Å². The molecule has 3 fully saturated rings. The summed E-state index contributed by atoms with van der Waals surface area (Å²) in [6.07, 6.45) is 48.3. The highest BCUT2D eigenvalue weighted by Gasteiger charge is 2.59. The van der Waals surface area contributed by atoms with E-state index in [0.717, 1.165) is 112 Å². The maximum atomic E-state index is 12.9. The maximum Gasteiger partial charge on any atom is 0.306 e. The Labute approximate surface area is 322 Å². The highest BCUT2D eigenvalue weighted by Crippen LogP contribution is 2.67. The van der Waals surface area contributed by atoms with Gasteiger partial charge in [0.2, 0.25) is 0 Å². The van der Waals surface area contributed by atoms with Crippen molar-refractivity contribution in [1.82, 2.24) is 0 Å². The molecule has 0 N–H and O–H groups in total. The number of ether oxygens (including phenoxy) is 1. The molecule has 3 saturated carbocycles. The van der Waals surface area contributed by atoms with E-state index in [1.54, 1.807) is 5.57 Å². The number of hydrogen-bond donors (Lipinski definition) is 0. The van der Waals surface area contributed by atoms with E-state index < -0.39 is 0 Å². The van der Waals surface area contributed by atoms with E-state index in [4.69, 9.17) is 4.74 Å². The van der Waals surface area contributed by atoms with Crippen LogP contribution in [0.15, 0.2) is 72.4 Å². The first-order valence-corrected chi connectivity index (χ1v) is 22.2. The van der Waals surface area contributed by atoms with Crippen LogP contribution < -0.4 is 0 Å². The quantitative estimate of drug-likeness (QED) is 0.0673. The first-order valence-electron chi connectivity index (χ1n) is 22.2. The van der Waals surface area contributed by atoms with E-state index in [1.165, 1.54) is 51.4 Å². The molecule has 0 radical (unpaired) electrons. The number of rotatable bonds is 21. The molecular formula is C50H80O2. The molecule has 2 nitrogen and oxygen atoms in total. The van der Waals surface area contributed by atoms with Crippen LogP contribution in [0, 0.1) is 52.3 Å². The van der Waals surface area contributed by atoms with Crippen LogP contribution in [-0.2, 0) is 9.53 Å². The second kappa shape index (κ2) is 21.7. The molecular weight excluding hydrogens is 633 g/mol. The van der Waals surface area contributed by atoms with Gasteiger partial charge in [0, 0.05) is 12.8 Å². The Bertz CT molecular complexity index is 1240. The minimum Gasteiger partial charge on any atom is -0.462 e. The van der Waals surface area contributed by atoms with Gasteiger partial charge in [0.1, 0.15) is 6.10 Å². The third-order valence-electron chi connectivity index (χ3n) is 14.7. The fourth-order valence-electron chi connectivity index (χ4n) is 11.1. The minimum absolute atomic E-state index is 0.0279. The Kier molecular flexibility index (Phi) is 17.8. The predicted molar refractivity (Wildman–Crippen MR) is 225 cm³/mol. The molecule has 292 valence electrons. The Balaban J connectivity index is 1.10. The van der Waals surface area contributed by atoms with E-state index in [2.05, 4.69) is 115 Å². The number of hydrogen-bond acceptors (Lipinski definition) is 2. The lowest BCUT2D eigenvalue weighted by atomic mass is 9.47. The molecule has 0 bridgehead atoms. The summed E-state index contributed by atoms with van der Waals surface area (Å²) in [4.78, 5) is 12.9. The molecule has 0 aromatic rings. The van der Waals surface area contributed by atoms with Gasteiger partial charge in [-0.1, -0.05) is 140 Å². The van der Waals surface area contributed by atoms with Crippen molar-refractivity contribution in [3.63, 3.8) is 0 Å². The molecule has 0 aliphatic heterocycles. The van der Waals surface area contributed by atoms with Crippen LogP contribution in [0.25, 0.3) is 0 Å². The smallest absolute Gasteiger partial charge is 0.306 e. The summed E-state index contributed by atoms with van der Waals surface area (Å²) in [6.45, 7) is 17.3. The Morgan fingerprint density at radius 1 is 0.769 bits per heavy atom. The average molecular weight is 713 g/mol. The lowest BCUT2D eigenvalue weighted by molar-refractivity contribution is -0.151. The molecule has 0 amide bonds. The SMILES string of the molecule is CC/C=C\C/C=C\C/C=C\C/C=C\C/C=C\CCCCCC(=O)OC1CCC2(C)C(=CCC3C2CCC2(C)C(C(C)CCC(C)C(C)C)CCC32)C1. The Morgan fingerprint density at radius 3 is 2.08 bits per heavy atom. The number of carbonyl (C=O) groups is 1. The van der Waals surface area contributed by atoms with Crippen molar-refractivity contribution in [1.29, 1.82) is 0 Å². The first-order chi connectivity index (χ1) is 25.1. The van der Waals surface area contributed by atoms with Gasteiger partial charge < -0.3 is 4.74 Å². The van der Waals surface area contributed by atoms with Crippen LogP contribution >= 0.6 is 0 Å². The topological polar surface area (TPSA) is 26.3 Å². The molecule has 4 rings (SSSR count). The van der Waals surface area contributed by atoms with Gasteiger partial charge in [-0.05, 0) is 149 Å².